The third-order valence-electron chi connectivity index (χ3n) is 2.15. The fourth-order valence-corrected chi connectivity index (χ4v) is 1.26. The highest BCUT2D eigenvalue weighted by molar-refractivity contribution is 4.40. The summed E-state index contributed by atoms with van der Waals surface area (Å²) in [5.74, 6) is 0. The average Bonchev–Trinajstić information content (AvgIpc) is 2.31. The van der Waals surface area contributed by atoms with Crippen LogP contribution in [0.25, 0.3) is 0 Å². The number of nitrogens with two attached hydrogens (primary N) is 1. The van der Waals surface area contributed by atoms with E-state index in [1.54, 1.807) is 0 Å². The average molecular weight is 233 g/mol. The molecule has 0 aliphatic rings. The first-order valence-corrected chi connectivity index (χ1v) is 6.35. The molecule has 0 aliphatic heterocycles. The third kappa shape index (κ3) is 13.8. The molecule has 0 fully saturated rings. The van der Waals surface area contributed by atoms with Crippen molar-refractivity contribution in [3.63, 3.8) is 0 Å². The number of unbranched alkanes of at least 4 members (excludes halogenated alkanes) is 3. The number of hydrogen-bond donors (Lipinski definition) is 1. The Hall–Kier alpha value is -0.160. The first kappa shape index (κ1) is 15.8. The molecule has 0 radical (unpaired) electrons. The van der Waals surface area contributed by atoms with Gasteiger partial charge < -0.3 is 19.9 Å². The smallest absolute Gasteiger partial charge is 0.0701 e. The van der Waals surface area contributed by atoms with Gasteiger partial charge >= 0.3 is 0 Å². The van der Waals surface area contributed by atoms with Gasteiger partial charge in [-0.1, -0.05) is 26.2 Å². The van der Waals surface area contributed by atoms with Crippen LogP contribution >= 0.6 is 0 Å². The predicted molar refractivity (Wildman–Crippen MR) is 65.7 cm³/mol. The van der Waals surface area contributed by atoms with Crippen molar-refractivity contribution in [3.8, 4) is 0 Å². The zero-order chi connectivity index (χ0) is 11.9. The maximum absolute atomic E-state index is 5.42. The largest absolute Gasteiger partial charge is 0.379 e. The van der Waals surface area contributed by atoms with Crippen molar-refractivity contribution < 1.29 is 14.2 Å². The van der Waals surface area contributed by atoms with Crippen LogP contribution in [0.5, 0.6) is 0 Å². The van der Waals surface area contributed by atoms with Gasteiger partial charge in [-0.2, -0.15) is 0 Å². The van der Waals surface area contributed by atoms with Crippen molar-refractivity contribution in [3.05, 3.63) is 0 Å². The normalized spacial score (nSPS) is 10.9. The highest BCUT2D eigenvalue weighted by Gasteiger charge is 1.91. The van der Waals surface area contributed by atoms with E-state index >= 15 is 0 Å². The zero-order valence-corrected chi connectivity index (χ0v) is 10.6. The minimum Gasteiger partial charge on any atom is -0.379 e. The monoisotopic (exact) mass is 233 g/mol. The van der Waals surface area contributed by atoms with Gasteiger partial charge in [-0.3, -0.25) is 0 Å². The Morgan fingerprint density at radius 1 is 0.688 bits per heavy atom. The Bertz CT molecular complexity index is 109. The van der Waals surface area contributed by atoms with E-state index in [2.05, 4.69) is 6.92 Å². The van der Waals surface area contributed by atoms with Crippen molar-refractivity contribution in [2.45, 2.75) is 32.6 Å². The van der Waals surface area contributed by atoms with Crippen molar-refractivity contribution in [1.29, 1.82) is 0 Å². The molecule has 2 N–H and O–H groups in total. The lowest BCUT2D eigenvalue weighted by atomic mass is 10.2. The van der Waals surface area contributed by atoms with Gasteiger partial charge in [0.15, 0.2) is 0 Å². The second-order valence-corrected chi connectivity index (χ2v) is 3.69. The number of hydrogen-bond acceptors (Lipinski definition) is 4. The van der Waals surface area contributed by atoms with Gasteiger partial charge in [0.05, 0.1) is 33.0 Å². The maximum Gasteiger partial charge on any atom is 0.0701 e. The van der Waals surface area contributed by atoms with Gasteiger partial charge in [-0.25, -0.2) is 0 Å². The molecule has 0 spiro atoms. The maximum atomic E-state index is 5.42. The first-order valence-electron chi connectivity index (χ1n) is 6.35. The number of rotatable bonds is 13. The van der Waals surface area contributed by atoms with Crippen LogP contribution in [0.2, 0.25) is 0 Å². The van der Waals surface area contributed by atoms with Crippen LogP contribution in [0.3, 0.4) is 0 Å². The Balaban J connectivity index is 2.83. The van der Waals surface area contributed by atoms with Gasteiger partial charge in [0.2, 0.25) is 0 Å². The Kier molecular flexibility index (Phi) is 14.7. The number of ether oxygens (including phenoxy) is 3. The van der Waals surface area contributed by atoms with E-state index in [9.17, 15) is 0 Å². The van der Waals surface area contributed by atoms with Gasteiger partial charge in [0.25, 0.3) is 0 Å². The predicted octanol–water partition coefficient (Wildman–Crippen LogP) is 1.58. The van der Waals surface area contributed by atoms with Crippen LogP contribution in [0, 0.1) is 0 Å². The molecule has 0 saturated heterocycles. The topological polar surface area (TPSA) is 53.7 Å². The molecule has 0 atom stereocenters. The molecule has 0 heterocycles. The quantitative estimate of drug-likeness (QED) is 0.491. The minimum absolute atomic E-state index is 0.570. The lowest BCUT2D eigenvalue weighted by molar-refractivity contribution is 0.0153. The van der Waals surface area contributed by atoms with Crippen LogP contribution in [-0.4, -0.2) is 46.2 Å². The Labute approximate surface area is 99.4 Å². The summed E-state index contributed by atoms with van der Waals surface area (Å²) in [6.45, 7) is 6.82. The van der Waals surface area contributed by atoms with E-state index < -0.39 is 0 Å². The summed E-state index contributed by atoms with van der Waals surface area (Å²) in [5, 5.41) is 0. The second kappa shape index (κ2) is 14.8. The van der Waals surface area contributed by atoms with Crippen LogP contribution in [0.4, 0.5) is 0 Å². The summed E-state index contributed by atoms with van der Waals surface area (Å²) < 4.78 is 15.9. The molecule has 0 aromatic rings. The highest BCUT2D eigenvalue weighted by atomic mass is 16.5. The Morgan fingerprint density at radius 2 is 1.25 bits per heavy atom. The summed E-state index contributed by atoms with van der Waals surface area (Å²) in [6, 6.07) is 0. The summed E-state index contributed by atoms with van der Waals surface area (Å²) in [7, 11) is 0. The van der Waals surface area contributed by atoms with Crippen LogP contribution in [0.15, 0.2) is 0 Å². The molecule has 0 aromatic heterocycles. The van der Waals surface area contributed by atoms with Crippen molar-refractivity contribution in [1.82, 2.24) is 0 Å². The summed E-state index contributed by atoms with van der Waals surface area (Å²) in [6.07, 6.45) is 5.00. The van der Waals surface area contributed by atoms with Gasteiger partial charge in [0, 0.05) is 13.2 Å². The lowest BCUT2D eigenvalue weighted by Crippen LogP contribution is -2.13. The summed E-state index contributed by atoms with van der Waals surface area (Å²) in [5.41, 5.74) is 5.27. The molecular weight excluding hydrogens is 206 g/mol. The SMILES string of the molecule is CCCCCCOCCOCCOCCN. The van der Waals surface area contributed by atoms with E-state index in [0.29, 0.717) is 39.6 Å². The van der Waals surface area contributed by atoms with Gasteiger partial charge in [0.1, 0.15) is 0 Å². The van der Waals surface area contributed by atoms with Crippen molar-refractivity contribution in [2.24, 2.45) is 5.73 Å². The van der Waals surface area contributed by atoms with Gasteiger partial charge in [-0.05, 0) is 6.42 Å². The van der Waals surface area contributed by atoms with Crippen LogP contribution < -0.4 is 5.73 Å². The third-order valence-corrected chi connectivity index (χ3v) is 2.15. The standard InChI is InChI=1S/C12H27NO3/c1-2-3-4-5-7-14-9-11-16-12-10-15-8-6-13/h2-13H2,1H3. The Morgan fingerprint density at radius 3 is 1.81 bits per heavy atom. The molecule has 0 saturated carbocycles. The molecule has 4 heteroatoms. The molecule has 0 rings (SSSR count). The summed E-state index contributed by atoms with van der Waals surface area (Å²) >= 11 is 0. The second-order valence-electron chi connectivity index (χ2n) is 3.69. The van der Waals surface area contributed by atoms with E-state index in [0.717, 1.165) is 13.0 Å². The van der Waals surface area contributed by atoms with E-state index in [1.165, 1.54) is 19.3 Å². The summed E-state index contributed by atoms with van der Waals surface area (Å²) in [4.78, 5) is 0. The molecule has 4 nitrogen and oxygen atoms in total. The fraction of sp³-hybridized carbons (Fsp3) is 1.00. The van der Waals surface area contributed by atoms with Crippen LogP contribution in [0.1, 0.15) is 32.6 Å². The molecule has 0 aliphatic carbocycles. The molecule has 98 valence electrons. The van der Waals surface area contributed by atoms with E-state index in [1.807, 2.05) is 0 Å². The van der Waals surface area contributed by atoms with E-state index in [-0.39, 0.29) is 0 Å². The van der Waals surface area contributed by atoms with Crippen LogP contribution in [-0.2, 0) is 14.2 Å². The van der Waals surface area contributed by atoms with Crippen molar-refractivity contribution >= 4 is 0 Å². The minimum atomic E-state index is 0.570. The molecule has 0 aromatic carbocycles. The fourth-order valence-electron chi connectivity index (χ4n) is 1.26. The van der Waals surface area contributed by atoms with E-state index in [4.69, 9.17) is 19.9 Å². The van der Waals surface area contributed by atoms with Gasteiger partial charge in [-0.15, -0.1) is 0 Å². The molecule has 0 unspecified atom stereocenters. The highest BCUT2D eigenvalue weighted by Crippen LogP contribution is 1.98. The molecule has 0 bridgehead atoms. The molecule has 16 heavy (non-hydrogen) atoms. The molecular formula is C12H27NO3. The molecule has 0 amide bonds. The zero-order valence-electron chi connectivity index (χ0n) is 10.6. The van der Waals surface area contributed by atoms with Crippen molar-refractivity contribution in [2.75, 3.05) is 46.2 Å². The first-order chi connectivity index (χ1) is 7.91. The lowest BCUT2D eigenvalue weighted by Gasteiger charge is -2.06.